The lowest BCUT2D eigenvalue weighted by Crippen LogP contribution is -2.21. The van der Waals surface area contributed by atoms with Crippen LogP contribution in [0.3, 0.4) is 0 Å². The zero-order valence-electron chi connectivity index (χ0n) is 9.30. The third-order valence-corrected chi connectivity index (χ3v) is 4.40. The van der Waals surface area contributed by atoms with Crippen LogP contribution < -0.4 is 9.44 Å². The minimum absolute atomic E-state index is 0.000555. The number of carbonyl (C=O) groups excluding carboxylic acids is 1. The third kappa shape index (κ3) is 2.52. The van der Waals surface area contributed by atoms with Crippen molar-refractivity contribution in [3.8, 4) is 0 Å². The molecule has 0 fully saturated rings. The highest BCUT2D eigenvalue weighted by atomic mass is 32.2. The molecule has 1 aromatic rings. The van der Waals surface area contributed by atoms with Gasteiger partial charge in [-0.3, -0.25) is 4.79 Å². The Morgan fingerprint density at radius 2 is 2.00 bits per heavy atom. The van der Waals surface area contributed by atoms with Crippen molar-refractivity contribution in [3.05, 3.63) is 29.3 Å². The largest absolute Gasteiger partial charge is 0.268 e. The smallest absolute Gasteiger partial charge is 0.266 e. The first-order valence-electron chi connectivity index (χ1n) is 4.84. The molecule has 0 saturated heterocycles. The van der Waals surface area contributed by atoms with E-state index < -0.39 is 26.0 Å². The van der Waals surface area contributed by atoms with Crippen LogP contribution >= 0.6 is 0 Å². The van der Waals surface area contributed by atoms with Gasteiger partial charge in [-0.1, -0.05) is 6.07 Å². The number of carbonyl (C=O) groups is 1. The molecule has 0 saturated carbocycles. The molecule has 0 unspecified atom stereocenters. The molecule has 2 rings (SSSR count). The van der Waals surface area contributed by atoms with Crippen LogP contribution in [0.5, 0.6) is 0 Å². The van der Waals surface area contributed by atoms with E-state index in [0.717, 1.165) is 6.26 Å². The van der Waals surface area contributed by atoms with Crippen LogP contribution in [0, 0.1) is 0 Å². The fourth-order valence-corrected chi connectivity index (χ4v) is 3.13. The summed E-state index contributed by atoms with van der Waals surface area (Å²) in [5, 5.41) is 0. The van der Waals surface area contributed by atoms with Crippen LogP contribution in [-0.4, -0.2) is 29.0 Å². The lowest BCUT2D eigenvalue weighted by molar-refractivity contribution is 0.0985. The van der Waals surface area contributed by atoms with E-state index in [4.69, 9.17) is 0 Å². The molecule has 2 N–H and O–H groups in total. The second kappa shape index (κ2) is 4.04. The molecule has 0 spiro atoms. The second-order valence-corrected chi connectivity index (χ2v) is 7.34. The Hall–Kier alpha value is -1.45. The highest BCUT2D eigenvalue weighted by molar-refractivity contribution is 7.90. The van der Waals surface area contributed by atoms with E-state index in [1.165, 1.54) is 18.2 Å². The van der Waals surface area contributed by atoms with Crippen LogP contribution in [0.15, 0.2) is 23.1 Å². The van der Waals surface area contributed by atoms with Crippen LogP contribution in [0.4, 0.5) is 0 Å². The van der Waals surface area contributed by atoms with Gasteiger partial charge in [-0.25, -0.2) is 26.3 Å². The van der Waals surface area contributed by atoms with E-state index in [2.05, 4.69) is 4.72 Å². The number of hydrogen-bond acceptors (Lipinski definition) is 5. The zero-order valence-corrected chi connectivity index (χ0v) is 10.9. The molecule has 0 atom stereocenters. The number of amides is 1. The Morgan fingerprint density at radius 1 is 1.33 bits per heavy atom. The van der Waals surface area contributed by atoms with E-state index in [-0.39, 0.29) is 17.0 Å². The molecule has 0 bridgehead atoms. The maximum Gasteiger partial charge on any atom is 0.266 e. The minimum atomic E-state index is -3.75. The van der Waals surface area contributed by atoms with E-state index in [9.17, 15) is 21.6 Å². The Morgan fingerprint density at radius 3 is 2.61 bits per heavy atom. The Labute approximate surface area is 104 Å². The first kappa shape index (κ1) is 13.0. The average Bonchev–Trinajstić information content (AvgIpc) is 2.46. The van der Waals surface area contributed by atoms with Crippen molar-refractivity contribution in [1.29, 1.82) is 0 Å². The van der Waals surface area contributed by atoms with E-state index in [1.54, 1.807) is 0 Å². The first-order chi connectivity index (χ1) is 8.19. The molecule has 1 aliphatic heterocycles. The van der Waals surface area contributed by atoms with Crippen LogP contribution in [0.25, 0.3) is 0 Å². The molecule has 0 aromatic heterocycles. The number of hydrogen-bond donors (Lipinski definition) is 2. The van der Waals surface area contributed by atoms with Gasteiger partial charge in [0.2, 0.25) is 10.0 Å². The third-order valence-electron chi connectivity index (χ3n) is 2.34. The van der Waals surface area contributed by atoms with Gasteiger partial charge in [0.05, 0.1) is 11.8 Å². The highest BCUT2D eigenvalue weighted by Crippen LogP contribution is 2.23. The summed E-state index contributed by atoms with van der Waals surface area (Å²) in [4.78, 5) is 11.3. The van der Waals surface area contributed by atoms with E-state index in [0.29, 0.717) is 5.56 Å². The molecule has 98 valence electrons. The van der Waals surface area contributed by atoms with Crippen molar-refractivity contribution in [2.75, 3.05) is 6.26 Å². The lowest BCUT2D eigenvalue weighted by atomic mass is 10.1. The van der Waals surface area contributed by atoms with Crippen molar-refractivity contribution in [3.63, 3.8) is 0 Å². The summed E-state index contributed by atoms with van der Waals surface area (Å²) < 4.78 is 48.8. The predicted molar refractivity (Wildman–Crippen MR) is 62.8 cm³/mol. The molecule has 7 nitrogen and oxygen atoms in total. The van der Waals surface area contributed by atoms with Crippen molar-refractivity contribution in [2.24, 2.45) is 0 Å². The van der Waals surface area contributed by atoms with Gasteiger partial charge in [0.15, 0.2) is 0 Å². The molecular weight excluding hydrogens is 280 g/mol. The first-order valence-corrected chi connectivity index (χ1v) is 8.21. The monoisotopic (exact) mass is 290 g/mol. The van der Waals surface area contributed by atoms with Crippen molar-refractivity contribution in [1.82, 2.24) is 9.44 Å². The van der Waals surface area contributed by atoms with Crippen molar-refractivity contribution >= 4 is 26.0 Å². The molecule has 0 aliphatic carbocycles. The zero-order chi connectivity index (χ0) is 13.6. The standard InChI is InChI=1S/C9H10N2O5S2/c1-17(13,14)10-5-6-2-3-8-7(4-6)9(12)11-18(8,15)16/h2-4,10H,5H2,1H3,(H,11,12). The quantitative estimate of drug-likeness (QED) is 0.755. The summed E-state index contributed by atoms with van der Waals surface area (Å²) >= 11 is 0. The SMILES string of the molecule is CS(=O)(=O)NCc1ccc2c(c1)C(=O)NS2(=O)=O. The number of benzene rings is 1. The van der Waals surface area contributed by atoms with Gasteiger partial charge < -0.3 is 0 Å². The van der Waals surface area contributed by atoms with Gasteiger partial charge >= 0.3 is 0 Å². The van der Waals surface area contributed by atoms with Gasteiger partial charge in [-0.05, 0) is 17.7 Å². The van der Waals surface area contributed by atoms with Crippen LogP contribution in [-0.2, 0) is 26.6 Å². The summed E-state index contributed by atoms with van der Waals surface area (Å²) in [6, 6.07) is 4.09. The predicted octanol–water partition coefficient (Wildman–Crippen LogP) is -0.832. The summed E-state index contributed by atoms with van der Waals surface area (Å²) in [5.41, 5.74) is 0.536. The number of nitrogens with one attached hydrogen (secondary N) is 2. The second-order valence-electron chi connectivity index (χ2n) is 3.86. The summed E-state index contributed by atoms with van der Waals surface area (Å²) in [5.74, 6) is -0.703. The Kier molecular flexibility index (Phi) is 2.92. The van der Waals surface area contributed by atoms with Crippen molar-refractivity contribution < 1.29 is 21.6 Å². The fourth-order valence-electron chi connectivity index (χ4n) is 1.55. The van der Waals surface area contributed by atoms with Gasteiger partial charge in [0, 0.05) is 6.54 Å². The molecule has 1 aromatic carbocycles. The van der Waals surface area contributed by atoms with Gasteiger partial charge in [-0.2, -0.15) is 0 Å². The lowest BCUT2D eigenvalue weighted by Gasteiger charge is -2.03. The molecular formula is C9H10N2O5S2. The molecule has 1 heterocycles. The molecule has 9 heteroatoms. The number of rotatable bonds is 3. The van der Waals surface area contributed by atoms with Gasteiger partial charge in [0.1, 0.15) is 4.90 Å². The number of sulfonamides is 2. The van der Waals surface area contributed by atoms with Crippen LogP contribution in [0.2, 0.25) is 0 Å². The summed E-state index contributed by atoms with van der Waals surface area (Å²) in [7, 11) is -7.09. The number of fused-ring (bicyclic) bond motifs is 1. The maximum atomic E-state index is 11.4. The maximum absolute atomic E-state index is 11.4. The topological polar surface area (TPSA) is 109 Å². The molecule has 18 heavy (non-hydrogen) atoms. The Balaban J connectivity index is 2.35. The normalized spacial score (nSPS) is 17.3. The average molecular weight is 290 g/mol. The molecule has 1 amide bonds. The Bertz CT molecular complexity index is 721. The van der Waals surface area contributed by atoms with Crippen molar-refractivity contribution in [2.45, 2.75) is 11.4 Å². The highest BCUT2D eigenvalue weighted by Gasteiger charge is 2.32. The fraction of sp³-hybridized carbons (Fsp3) is 0.222. The molecule has 0 radical (unpaired) electrons. The van der Waals surface area contributed by atoms with E-state index in [1.807, 2.05) is 4.72 Å². The summed E-state index contributed by atoms with van der Waals surface area (Å²) in [6.07, 6.45) is 1.01. The molecule has 1 aliphatic rings. The van der Waals surface area contributed by atoms with Gasteiger partial charge in [-0.15, -0.1) is 0 Å². The summed E-state index contributed by atoms with van der Waals surface area (Å²) in [6.45, 7) is -0.000555. The van der Waals surface area contributed by atoms with Gasteiger partial charge in [0.25, 0.3) is 15.9 Å². The van der Waals surface area contributed by atoms with Crippen LogP contribution in [0.1, 0.15) is 15.9 Å². The minimum Gasteiger partial charge on any atom is -0.268 e. The van der Waals surface area contributed by atoms with E-state index >= 15 is 0 Å².